The summed E-state index contributed by atoms with van der Waals surface area (Å²) in [7, 11) is -0.286. The molecule has 1 saturated heterocycles. The van der Waals surface area contributed by atoms with Gasteiger partial charge in [0.15, 0.2) is 11.6 Å². The summed E-state index contributed by atoms with van der Waals surface area (Å²) in [5.74, 6) is -1.02. The molecule has 3 rings (SSSR count). The number of alkyl halides is 1. The molecule has 1 atom stereocenters. The van der Waals surface area contributed by atoms with Gasteiger partial charge in [0.1, 0.15) is 0 Å². The molecule has 1 unspecified atom stereocenters. The van der Waals surface area contributed by atoms with Crippen molar-refractivity contribution >= 4 is 8.80 Å². The van der Waals surface area contributed by atoms with Crippen LogP contribution in [0.2, 0.25) is 18.1 Å². The first-order valence-corrected chi connectivity index (χ1v) is 11.7. The average Bonchev–Trinajstić information content (AvgIpc) is 2.64. The zero-order valence-corrected chi connectivity index (χ0v) is 16.3. The molecule has 2 aromatic carbocycles. The van der Waals surface area contributed by atoms with Crippen LogP contribution in [0.1, 0.15) is 44.1 Å². The van der Waals surface area contributed by atoms with Crippen LogP contribution in [-0.4, -0.2) is 15.0 Å². The highest BCUT2D eigenvalue weighted by Crippen LogP contribution is 2.36. The predicted octanol–water partition coefficient (Wildman–Crippen LogP) is 7.14. The molecule has 2 aromatic rings. The van der Waals surface area contributed by atoms with Crippen molar-refractivity contribution in [2.75, 3.05) is 0 Å². The molecule has 1 aliphatic rings. The van der Waals surface area contributed by atoms with Crippen LogP contribution < -0.4 is 0 Å². The molecule has 0 N–H and O–H groups in total. The van der Waals surface area contributed by atoms with Gasteiger partial charge in [-0.1, -0.05) is 54.9 Å². The Morgan fingerprint density at radius 3 is 2.23 bits per heavy atom. The minimum Gasteiger partial charge on any atom is -0.248 e. The smallest absolute Gasteiger partial charge is 0.159 e. The summed E-state index contributed by atoms with van der Waals surface area (Å²) in [5.41, 5.74) is 2.95. The summed E-state index contributed by atoms with van der Waals surface area (Å²) in [6, 6.07) is 16.2. The third-order valence-electron chi connectivity index (χ3n) is 5.46. The van der Waals surface area contributed by atoms with Gasteiger partial charge in [-0.15, -0.1) is 0 Å². The highest BCUT2D eigenvalue weighted by molar-refractivity contribution is 6.59. The zero-order chi connectivity index (χ0) is 18.5. The van der Waals surface area contributed by atoms with E-state index in [9.17, 15) is 13.2 Å². The van der Waals surface area contributed by atoms with Crippen molar-refractivity contribution in [1.29, 1.82) is 0 Å². The monoisotopic (exact) mass is 375 g/mol. The van der Waals surface area contributed by atoms with Gasteiger partial charge in [0.05, 0.1) is 6.17 Å². The van der Waals surface area contributed by atoms with E-state index in [2.05, 4.69) is 12.1 Å². The molecule has 1 radical (unpaired) electrons. The first kappa shape index (κ1) is 19.2. The maximum atomic E-state index is 13.4. The van der Waals surface area contributed by atoms with Crippen molar-refractivity contribution in [3.05, 3.63) is 59.7 Å². The van der Waals surface area contributed by atoms with E-state index in [4.69, 9.17) is 0 Å². The number of halogens is 3. The second-order valence-corrected chi connectivity index (χ2v) is 10.4. The lowest BCUT2D eigenvalue weighted by molar-refractivity contribution is 0.338. The summed E-state index contributed by atoms with van der Waals surface area (Å²) in [4.78, 5) is 0. The average molecular weight is 376 g/mol. The molecule has 0 amide bonds. The van der Waals surface area contributed by atoms with Gasteiger partial charge >= 0.3 is 0 Å². The molecule has 1 fully saturated rings. The van der Waals surface area contributed by atoms with Crippen LogP contribution in [-0.2, 0) is 0 Å². The molecule has 0 spiro atoms. The van der Waals surface area contributed by atoms with Crippen LogP contribution >= 0.6 is 0 Å². The fraction of sp³-hybridized carbons (Fsp3) is 0.455. The van der Waals surface area contributed by atoms with Crippen LogP contribution in [0.5, 0.6) is 0 Å². The Bertz CT molecular complexity index is 704. The van der Waals surface area contributed by atoms with Crippen LogP contribution in [0.15, 0.2) is 42.5 Å². The second kappa shape index (κ2) is 8.89. The summed E-state index contributed by atoms with van der Waals surface area (Å²) in [5, 5.41) is 0. The van der Waals surface area contributed by atoms with Gasteiger partial charge < -0.3 is 0 Å². The van der Waals surface area contributed by atoms with Crippen LogP contribution in [0.3, 0.4) is 0 Å². The highest BCUT2D eigenvalue weighted by Gasteiger charge is 2.23. The Labute approximate surface area is 156 Å². The third-order valence-corrected chi connectivity index (χ3v) is 8.51. The molecular weight excluding hydrogens is 349 g/mol. The van der Waals surface area contributed by atoms with Crippen LogP contribution in [0.4, 0.5) is 13.2 Å². The normalized spacial score (nSPS) is 17.4. The van der Waals surface area contributed by atoms with Crippen LogP contribution in [0.25, 0.3) is 11.1 Å². The number of rotatable bonds is 6. The minimum atomic E-state index is -0.814. The van der Waals surface area contributed by atoms with Crippen molar-refractivity contribution in [3.8, 4) is 11.1 Å². The maximum Gasteiger partial charge on any atom is 0.159 e. The fourth-order valence-electron chi connectivity index (χ4n) is 3.87. The second-order valence-electron chi connectivity index (χ2n) is 7.45. The molecule has 26 heavy (non-hydrogen) atoms. The van der Waals surface area contributed by atoms with E-state index >= 15 is 0 Å². The largest absolute Gasteiger partial charge is 0.248 e. The molecule has 0 aromatic heterocycles. The van der Waals surface area contributed by atoms with Crippen molar-refractivity contribution in [3.63, 3.8) is 0 Å². The van der Waals surface area contributed by atoms with Gasteiger partial charge in [-0.05, 0) is 60.9 Å². The van der Waals surface area contributed by atoms with Gasteiger partial charge in [0, 0.05) is 8.80 Å². The summed E-state index contributed by atoms with van der Waals surface area (Å²) in [6.45, 7) is 1.65. The molecule has 0 bridgehead atoms. The third kappa shape index (κ3) is 5.00. The molecule has 1 heterocycles. The maximum absolute atomic E-state index is 13.4. The quantitative estimate of drug-likeness (QED) is 0.471. The molecule has 0 saturated carbocycles. The molecule has 4 heteroatoms. The molecule has 1 aliphatic heterocycles. The fourth-order valence-corrected chi connectivity index (χ4v) is 6.83. The van der Waals surface area contributed by atoms with E-state index < -0.39 is 17.8 Å². The Morgan fingerprint density at radius 1 is 0.962 bits per heavy atom. The number of hydrogen-bond acceptors (Lipinski definition) is 0. The van der Waals surface area contributed by atoms with Gasteiger partial charge in [-0.3, -0.25) is 0 Å². The zero-order valence-electron chi connectivity index (χ0n) is 15.3. The Balaban J connectivity index is 1.55. The van der Waals surface area contributed by atoms with Crippen LogP contribution in [0, 0.1) is 11.6 Å². The van der Waals surface area contributed by atoms with Crippen molar-refractivity contribution in [2.45, 2.75) is 62.8 Å². The topological polar surface area (TPSA) is 0 Å². The summed E-state index contributed by atoms with van der Waals surface area (Å²) in [6.07, 6.45) is 3.54. The molecule has 139 valence electrons. The Morgan fingerprint density at radius 2 is 1.62 bits per heavy atom. The van der Waals surface area contributed by atoms with E-state index in [0.717, 1.165) is 12.0 Å². The minimum absolute atomic E-state index is 0.286. The lowest BCUT2D eigenvalue weighted by Gasteiger charge is -2.28. The summed E-state index contributed by atoms with van der Waals surface area (Å²) < 4.78 is 39.4. The Kier molecular flexibility index (Phi) is 6.57. The summed E-state index contributed by atoms with van der Waals surface area (Å²) >= 11 is 0. The van der Waals surface area contributed by atoms with E-state index in [1.807, 2.05) is 12.1 Å². The van der Waals surface area contributed by atoms with Gasteiger partial charge in [0.25, 0.3) is 0 Å². The SMILES string of the molecule is CC(F)CCC[Si]1CCC(c2ccc(-c3ccc(F)c(F)c3)cc2)CC1. The van der Waals surface area contributed by atoms with Crippen molar-refractivity contribution in [1.82, 2.24) is 0 Å². The van der Waals surface area contributed by atoms with Gasteiger partial charge in [-0.25, -0.2) is 13.2 Å². The number of hydrogen-bond donors (Lipinski definition) is 0. The van der Waals surface area contributed by atoms with Crippen molar-refractivity contribution < 1.29 is 13.2 Å². The lowest BCUT2D eigenvalue weighted by atomic mass is 9.92. The predicted molar refractivity (Wildman–Crippen MR) is 104 cm³/mol. The molecular formula is C22H26F3Si. The molecule has 0 nitrogen and oxygen atoms in total. The molecule has 0 aliphatic carbocycles. The first-order valence-electron chi connectivity index (χ1n) is 9.56. The van der Waals surface area contributed by atoms with E-state index in [0.29, 0.717) is 17.9 Å². The van der Waals surface area contributed by atoms with Gasteiger partial charge in [-0.2, -0.15) is 0 Å². The van der Waals surface area contributed by atoms with Gasteiger partial charge in [0.2, 0.25) is 0 Å². The van der Waals surface area contributed by atoms with E-state index in [1.165, 1.54) is 48.7 Å². The highest BCUT2D eigenvalue weighted by atomic mass is 28.3. The first-order chi connectivity index (χ1) is 12.5. The Hall–Kier alpha value is -1.55. The van der Waals surface area contributed by atoms with E-state index in [1.54, 1.807) is 13.0 Å². The van der Waals surface area contributed by atoms with E-state index in [-0.39, 0.29) is 8.80 Å². The van der Waals surface area contributed by atoms with Crippen molar-refractivity contribution in [2.24, 2.45) is 0 Å². The standard InChI is InChI=1S/C22H26F3Si/c1-16(23)3-2-12-26-13-10-19(11-14-26)17-4-6-18(7-5-17)20-8-9-21(24)22(25)15-20/h4-9,15-16,19H,2-3,10-14H2,1H3. The number of benzene rings is 2. The lowest BCUT2D eigenvalue weighted by Crippen LogP contribution is -2.20.